The summed E-state index contributed by atoms with van der Waals surface area (Å²) in [6.45, 7) is 0. The summed E-state index contributed by atoms with van der Waals surface area (Å²) in [6, 6.07) is 9.57. The molecule has 0 saturated heterocycles. The van der Waals surface area contributed by atoms with Crippen LogP contribution in [0.25, 0.3) is 0 Å². The van der Waals surface area contributed by atoms with Crippen molar-refractivity contribution in [3.63, 3.8) is 0 Å². The molecular formula is C13H11NO4. The summed E-state index contributed by atoms with van der Waals surface area (Å²) in [5.74, 6) is 0.427. The lowest BCUT2D eigenvalue weighted by Crippen LogP contribution is -1.96. The molecule has 2 aromatic rings. The first-order chi connectivity index (χ1) is 8.69. The summed E-state index contributed by atoms with van der Waals surface area (Å²) >= 11 is 0. The van der Waals surface area contributed by atoms with Crippen molar-refractivity contribution >= 4 is 5.97 Å². The van der Waals surface area contributed by atoms with Crippen LogP contribution in [0.2, 0.25) is 0 Å². The van der Waals surface area contributed by atoms with Gasteiger partial charge in [-0.05, 0) is 24.3 Å². The van der Waals surface area contributed by atoms with Gasteiger partial charge in [-0.2, -0.15) is 0 Å². The number of aromatic carboxylic acids is 1. The molecule has 5 heteroatoms. The SMILES string of the molecule is COc1ccc(Oc2cccc(C(=O)O)c2)nc1. The fraction of sp³-hybridized carbons (Fsp3) is 0.0769. The highest BCUT2D eigenvalue weighted by molar-refractivity contribution is 5.88. The van der Waals surface area contributed by atoms with Gasteiger partial charge in [0.25, 0.3) is 0 Å². The monoisotopic (exact) mass is 245 g/mol. The van der Waals surface area contributed by atoms with E-state index in [4.69, 9.17) is 14.6 Å². The van der Waals surface area contributed by atoms with Crippen molar-refractivity contribution in [1.29, 1.82) is 0 Å². The van der Waals surface area contributed by atoms with Crippen LogP contribution in [-0.2, 0) is 0 Å². The number of benzene rings is 1. The largest absolute Gasteiger partial charge is 0.495 e. The Morgan fingerprint density at radius 2 is 2.06 bits per heavy atom. The topological polar surface area (TPSA) is 68.7 Å². The normalized spacial score (nSPS) is 9.83. The number of carboxylic acids is 1. The Hall–Kier alpha value is -2.56. The molecule has 1 aromatic heterocycles. The summed E-state index contributed by atoms with van der Waals surface area (Å²) in [6.07, 6.45) is 1.52. The minimum absolute atomic E-state index is 0.168. The Morgan fingerprint density at radius 1 is 1.22 bits per heavy atom. The van der Waals surface area contributed by atoms with Crippen LogP contribution in [0.5, 0.6) is 17.4 Å². The van der Waals surface area contributed by atoms with E-state index < -0.39 is 5.97 Å². The zero-order valence-corrected chi connectivity index (χ0v) is 9.66. The fourth-order valence-electron chi connectivity index (χ4n) is 1.36. The van der Waals surface area contributed by atoms with Crippen LogP contribution in [0.3, 0.4) is 0 Å². The maximum Gasteiger partial charge on any atom is 0.335 e. The molecule has 0 amide bonds. The fourth-order valence-corrected chi connectivity index (χ4v) is 1.36. The Morgan fingerprint density at radius 3 is 2.67 bits per heavy atom. The third kappa shape index (κ3) is 2.76. The molecule has 1 heterocycles. The van der Waals surface area contributed by atoms with Gasteiger partial charge in [-0.15, -0.1) is 0 Å². The van der Waals surface area contributed by atoms with E-state index in [1.807, 2.05) is 0 Å². The van der Waals surface area contributed by atoms with Crippen molar-refractivity contribution in [3.05, 3.63) is 48.2 Å². The molecule has 0 bridgehead atoms. The molecule has 92 valence electrons. The Labute approximate surface area is 104 Å². The van der Waals surface area contributed by atoms with Crippen molar-refractivity contribution in [2.45, 2.75) is 0 Å². The van der Waals surface area contributed by atoms with E-state index in [1.54, 1.807) is 31.4 Å². The standard InChI is InChI=1S/C13H11NO4/c1-17-11-5-6-12(14-8-11)18-10-4-2-3-9(7-10)13(15)16/h2-8H,1H3,(H,15,16). The molecule has 1 aromatic carbocycles. The second-order valence-corrected chi connectivity index (χ2v) is 3.47. The molecule has 0 aliphatic carbocycles. The van der Waals surface area contributed by atoms with E-state index in [1.165, 1.54) is 18.3 Å². The van der Waals surface area contributed by atoms with Crippen molar-refractivity contribution in [2.75, 3.05) is 7.11 Å². The number of carbonyl (C=O) groups is 1. The number of aromatic nitrogens is 1. The lowest BCUT2D eigenvalue weighted by Gasteiger charge is -2.06. The van der Waals surface area contributed by atoms with Gasteiger partial charge in [0.1, 0.15) is 11.5 Å². The molecular weight excluding hydrogens is 234 g/mol. The number of hydrogen-bond acceptors (Lipinski definition) is 4. The Balaban J connectivity index is 2.17. The molecule has 5 nitrogen and oxygen atoms in total. The van der Waals surface area contributed by atoms with E-state index in [-0.39, 0.29) is 5.56 Å². The second-order valence-electron chi connectivity index (χ2n) is 3.47. The van der Waals surface area contributed by atoms with E-state index in [0.717, 1.165) is 0 Å². The number of pyridine rings is 1. The van der Waals surface area contributed by atoms with Gasteiger partial charge in [-0.1, -0.05) is 6.07 Å². The lowest BCUT2D eigenvalue weighted by molar-refractivity contribution is 0.0696. The highest BCUT2D eigenvalue weighted by Crippen LogP contribution is 2.21. The summed E-state index contributed by atoms with van der Waals surface area (Å²) < 4.78 is 10.4. The smallest absolute Gasteiger partial charge is 0.335 e. The minimum Gasteiger partial charge on any atom is -0.495 e. The third-order valence-electron chi connectivity index (χ3n) is 2.25. The van der Waals surface area contributed by atoms with Crippen LogP contribution in [0, 0.1) is 0 Å². The number of ether oxygens (including phenoxy) is 2. The van der Waals surface area contributed by atoms with Gasteiger partial charge in [0.05, 0.1) is 18.9 Å². The third-order valence-corrected chi connectivity index (χ3v) is 2.25. The summed E-state index contributed by atoms with van der Waals surface area (Å²) in [4.78, 5) is 14.8. The molecule has 0 aliphatic rings. The molecule has 0 saturated carbocycles. The average molecular weight is 245 g/mol. The van der Waals surface area contributed by atoms with Gasteiger partial charge >= 0.3 is 5.97 Å². The van der Waals surface area contributed by atoms with E-state index in [0.29, 0.717) is 17.4 Å². The number of carboxylic acid groups (broad SMARTS) is 1. The number of rotatable bonds is 4. The molecule has 0 unspecified atom stereocenters. The number of nitrogens with zero attached hydrogens (tertiary/aromatic N) is 1. The molecule has 1 N–H and O–H groups in total. The average Bonchev–Trinajstić information content (AvgIpc) is 2.40. The van der Waals surface area contributed by atoms with Crippen LogP contribution in [0.4, 0.5) is 0 Å². The highest BCUT2D eigenvalue weighted by atomic mass is 16.5. The molecule has 0 atom stereocenters. The van der Waals surface area contributed by atoms with Gasteiger partial charge in [-0.25, -0.2) is 9.78 Å². The molecule has 0 radical (unpaired) electrons. The zero-order valence-electron chi connectivity index (χ0n) is 9.66. The van der Waals surface area contributed by atoms with Crippen molar-refractivity contribution in [2.24, 2.45) is 0 Å². The summed E-state index contributed by atoms with van der Waals surface area (Å²) in [5, 5.41) is 8.86. The van der Waals surface area contributed by atoms with Crippen LogP contribution in [0.15, 0.2) is 42.6 Å². The van der Waals surface area contributed by atoms with Crippen LogP contribution in [0.1, 0.15) is 10.4 Å². The maximum atomic E-state index is 10.8. The van der Waals surface area contributed by atoms with E-state index in [9.17, 15) is 4.79 Å². The Kier molecular flexibility index (Phi) is 3.43. The zero-order chi connectivity index (χ0) is 13.0. The lowest BCUT2D eigenvalue weighted by atomic mass is 10.2. The first-order valence-electron chi connectivity index (χ1n) is 5.20. The minimum atomic E-state index is -0.997. The van der Waals surface area contributed by atoms with Gasteiger partial charge in [0, 0.05) is 6.07 Å². The predicted octanol–water partition coefficient (Wildman–Crippen LogP) is 2.58. The molecule has 0 fully saturated rings. The van der Waals surface area contributed by atoms with E-state index >= 15 is 0 Å². The van der Waals surface area contributed by atoms with Crippen LogP contribution < -0.4 is 9.47 Å². The quantitative estimate of drug-likeness (QED) is 0.896. The van der Waals surface area contributed by atoms with Crippen molar-refractivity contribution in [3.8, 4) is 17.4 Å². The van der Waals surface area contributed by atoms with Crippen LogP contribution >= 0.6 is 0 Å². The summed E-state index contributed by atoms with van der Waals surface area (Å²) in [7, 11) is 1.55. The van der Waals surface area contributed by atoms with E-state index in [2.05, 4.69) is 4.98 Å². The molecule has 0 spiro atoms. The van der Waals surface area contributed by atoms with Gasteiger partial charge in [0.2, 0.25) is 5.88 Å². The Bertz CT molecular complexity index is 551. The van der Waals surface area contributed by atoms with Crippen LogP contribution in [-0.4, -0.2) is 23.2 Å². The van der Waals surface area contributed by atoms with Gasteiger partial charge in [0.15, 0.2) is 0 Å². The van der Waals surface area contributed by atoms with Crippen molar-refractivity contribution < 1.29 is 19.4 Å². The first kappa shape index (κ1) is 11.9. The number of methoxy groups -OCH3 is 1. The van der Waals surface area contributed by atoms with Gasteiger partial charge in [-0.3, -0.25) is 0 Å². The predicted molar refractivity (Wildman–Crippen MR) is 64.3 cm³/mol. The number of hydrogen-bond donors (Lipinski definition) is 1. The molecule has 2 rings (SSSR count). The van der Waals surface area contributed by atoms with Gasteiger partial charge < -0.3 is 14.6 Å². The maximum absolute atomic E-state index is 10.8. The first-order valence-corrected chi connectivity index (χ1v) is 5.20. The summed E-state index contributed by atoms with van der Waals surface area (Å²) in [5.41, 5.74) is 0.168. The second kappa shape index (κ2) is 5.18. The highest BCUT2D eigenvalue weighted by Gasteiger charge is 2.05. The van der Waals surface area contributed by atoms with Crippen molar-refractivity contribution in [1.82, 2.24) is 4.98 Å². The molecule has 18 heavy (non-hydrogen) atoms. The molecule has 0 aliphatic heterocycles.